The number of aryl methyl sites for hydroxylation is 1. The van der Waals surface area contributed by atoms with Gasteiger partial charge in [0.1, 0.15) is 5.75 Å². The number of nitrogens with zero attached hydrogens (tertiary/aromatic N) is 1. The maximum absolute atomic E-state index is 5.89. The quantitative estimate of drug-likeness (QED) is 0.750. The molecule has 0 aliphatic rings. The second-order valence-corrected chi connectivity index (χ2v) is 4.52. The zero-order valence-electron chi connectivity index (χ0n) is 10.6. The minimum absolute atomic E-state index is 0.445. The maximum Gasteiger partial charge on any atom is 0.242 e. The van der Waals surface area contributed by atoms with Crippen molar-refractivity contribution in [1.82, 2.24) is 4.98 Å². The first-order chi connectivity index (χ1) is 9.22. The van der Waals surface area contributed by atoms with E-state index in [-0.39, 0.29) is 0 Å². The molecule has 0 aliphatic carbocycles. The Bertz CT molecular complexity index is 738. The number of hydrogen-bond acceptors (Lipinski definition) is 3. The molecule has 0 saturated carbocycles. The molecule has 0 atom stereocenters. The average molecular weight is 250 g/mol. The molecule has 0 amide bonds. The molecule has 3 aromatic rings. The van der Waals surface area contributed by atoms with Crippen LogP contribution in [0.5, 0.6) is 11.6 Å². The first-order valence-electron chi connectivity index (χ1n) is 6.11. The molecule has 0 aliphatic heterocycles. The van der Waals surface area contributed by atoms with Crippen molar-refractivity contribution in [2.45, 2.75) is 6.92 Å². The first-order valence-corrected chi connectivity index (χ1v) is 6.11. The molecule has 1 aromatic heterocycles. The predicted molar refractivity (Wildman–Crippen MR) is 77.4 cm³/mol. The van der Waals surface area contributed by atoms with E-state index in [0.29, 0.717) is 11.6 Å². The largest absolute Gasteiger partial charge is 0.437 e. The van der Waals surface area contributed by atoms with Crippen molar-refractivity contribution in [2.24, 2.45) is 0 Å². The van der Waals surface area contributed by atoms with E-state index < -0.39 is 0 Å². The Morgan fingerprint density at radius 2 is 1.79 bits per heavy atom. The lowest BCUT2D eigenvalue weighted by Crippen LogP contribution is -1.95. The van der Waals surface area contributed by atoms with E-state index in [2.05, 4.69) is 11.1 Å². The third kappa shape index (κ3) is 2.36. The average Bonchev–Trinajstić information content (AvgIpc) is 2.42. The number of ether oxygens (including phenoxy) is 1. The zero-order chi connectivity index (χ0) is 13.2. The summed E-state index contributed by atoms with van der Waals surface area (Å²) in [6, 6.07) is 15.9. The van der Waals surface area contributed by atoms with Crippen molar-refractivity contribution >= 4 is 16.5 Å². The SMILES string of the molecule is Cc1cnc(Oc2ccc3ccccc3c2)c(N)c1. The van der Waals surface area contributed by atoms with E-state index in [1.165, 1.54) is 5.39 Å². The number of nitrogen functional groups attached to an aromatic ring is 1. The fourth-order valence-corrected chi connectivity index (χ4v) is 2.01. The minimum Gasteiger partial charge on any atom is -0.437 e. The molecule has 0 unspecified atom stereocenters. The van der Waals surface area contributed by atoms with E-state index >= 15 is 0 Å². The molecular weight excluding hydrogens is 236 g/mol. The molecular formula is C16H14N2O. The Balaban J connectivity index is 1.96. The summed E-state index contributed by atoms with van der Waals surface area (Å²) in [5.41, 5.74) is 7.46. The monoisotopic (exact) mass is 250 g/mol. The van der Waals surface area contributed by atoms with Crippen LogP contribution in [-0.2, 0) is 0 Å². The molecule has 0 spiro atoms. The molecule has 3 rings (SSSR count). The Hall–Kier alpha value is -2.55. The lowest BCUT2D eigenvalue weighted by Gasteiger charge is -2.08. The predicted octanol–water partition coefficient (Wildman–Crippen LogP) is 3.92. The number of hydrogen-bond donors (Lipinski definition) is 1. The molecule has 3 nitrogen and oxygen atoms in total. The fraction of sp³-hybridized carbons (Fsp3) is 0.0625. The van der Waals surface area contributed by atoms with Gasteiger partial charge in [0.15, 0.2) is 0 Å². The van der Waals surface area contributed by atoms with Gasteiger partial charge in [0, 0.05) is 6.20 Å². The van der Waals surface area contributed by atoms with Crippen molar-refractivity contribution in [2.75, 3.05) is 5.73 Å². The lowest BCUT2D eigenvalue weighted by atomic mass is 10.1. The Labute approximate surface area is 111 Å². The fourth-order valence-electron chi connectivity index (χ4n) is 2.01. The Morgan fingerprint density at radius 1 is 1.00 bits per heavy atom. The van der Waals surface area contributed by atoms with Crippen LogP contribution in [0.1, 0.15) is 5.56 Å². The van der Waals surface area contributed by atoms with Crippen LogP contribution in [0.3, 0.4) is 0 Å². The molecule has 94 valence electrons. The topological polar surface area (TPSA) is 48.1 Å². The van der Waals surface area contributed by atoms with Gasteiger partial charge in [-0.25, -0.2) is 4.98 Å². The van der Waals surface area contributed by atoms with Gasteiger partial charge in [-0.3, -0.25) is 0 Å². The van der Waals surface area contributed by atoms with Gasteiger partial charge in [0.25, 0.3) is 0 Å². The molecule has 0 fully saturated rings. The van der Waals surface area contributed by atoms with Crippen LogP contribution >= 0.6 is 0 Å². The maximum atomic E-state index is 5.89. The van der Waals surface area contributed by atoms with Gasteiger partial charge in [-0.2, -0.15) is 0 Å². The van der Waals surface area contributed by atoms with E-state index in [0.717, 1.165) is 16.7 Å². The second-order valence-electron chi connectivity index (χ2n) is 4.52. The standard InChI is InChI=1S/C16H14N2O/c1-11-8-15(17)16(18-10-11)19-14-7-6-12-4-2-3-5-13(12)9-14/h2-10H,17H2,1H3. The van der Waals surface area contributed by atoms with Crippen LogP contribution in [0.25, 0.3) is 10.8 Å². The number of pyridine rings is 1. The van der Waals surface area contributed by atoms with Crippen LogP contribution < -0.4 is 10.5 Å². The smallest absolute Gasteiger partial charge is 0.242 e. The second kappa shape index (κ2) is 4.61. The van der Waals surface area contributed by atoms with Crippen molar-refractivity contribution < 1.29 is 4.74 Å². The number of benzene rings is 2. The van der Waals surface area contributed by atoms with Gasteiger partial charge in [0.2, 0.25) is 5.88 Å². The summed E-state index contributed by atoms with van der Waals surface area (Å²) in [4.78, 5) is 4.21. The molecule has 1 heterocycles. The summed E-state index contributed by atoms with van der Waals surface area (Å²) < 4.78 is 5.74. The van der Waals surface area contributed by atoms with Gasteiger partial charge in [-0.05, 0) is 41.5 Å². The highest BCUT2D eigenvalue weighted by atomic mass is 16.5. The van der Waals surface area contributed by atoms with E-state index in [1.54, 1.807) is 6.20 Å². The summed E-state index contributed by atoms with van der Waals surface area (Å²) in [6.45, 7) is 1.95. The van der Waals surface area contributed by atoms with Gasteiger partial charge in [0.05, 0.1) is 5.69 Å². The molecule has 3 heteroatoms. The molecule has 0 saturated heterocycles. The van der Waals surface area contributed by atoms with Gasteiger partial charge in [-0.1, -0.05) is 30.3 Å². The number of fused-ring (bicyclic) bond motifs is 1. The minimum atomic E-state index is 0.445. The van der Waals surface area contributed by atoms with Crippen molar-refractivity contribution in [1.29, 1.82) is 0 Å². The van der Waals surface area contributed by atoms with Crippen LogP contribution in [0, 0.1) is 6.92 Å². The van der Waals surface area contributed by atoms with E-state index in [4.69, 9.17) is 10.5 Å². The number of rotatable bonds is 2. The molecule has 0 bridgehead atoms. The van der Waals surface area contributed by atoms with E-state index in [1.807, 2.05) is 49.4 Å². The Morgan fingerprint density at radius 3 is 2.58 bits per heavy atom. The lowest BCUT2D eigenvalue weighted by molar-refractivity contribution is 0.466. The highest BCUT2D eigenvalue weighted by Crippen LogP contribution is 2.28. The summed E-state index contributed by atoms with van der Waals surface area (Å²) in [5.74, 6) is 1.18. The van der Waals surface area contributed by atoms with Crippen LogP contribution in [-0.4, -0.2) is 4.98 Å². The van der Waals surface area contributed by atoms with Crippen LogP contribution in [0.2, 0.25) is 0 Å². The highest BCUT2D eigenvalue weighted by Gasteiger charge is 2.04. The van der Waals surface area contributed by atoms with Crippen molar-refractivity contribution in [3.8, 4) is 11.6 Å². The normalized spacial score (nSPS) is 10.6. The van der Waals surface area contributed by atoms with Crippen LogP contribution in [0.4, 0.5) is 5.69 Å². The summed E-state index contributed by atoms with van der Waals surface area (Å²) >= 11 is 0. The van der Waals surface area contributed by atoms with Crippen LogP contribution in [0.15, 0.2) is 54.7 Å². The third-order valence-corrected chi connectivity index (χ3v) is 2.95. The van der Waals surface area contributed by atoms with Gasteiger partial charge in [-0.15, -0.1) is 0 Å². The van der Waals surface area contributed by atoms with Gasteiger partial charge >= 0.3 is 0 Å². The number of nitrogens with two attached hydrogens (primary N) is 1. The van der Waals surface area contributed by atoms with Crippen molar-refractivity contribution in [3.63, 3.8) is 0 Å². The highest BCUT2D eigenvalue weighted by molar-refractivity contribution is 5.83. The van der Waals surface area contributed by atoms with E-state index in [9.17, 15) is 0 Å². The van der Waals surface area contributed by atoms with Crippen molar-refractivity contribution in [3.05, 3.63) is 60.3 Å². The molecule has 0 radical (unpaired) electrons. The first kappa shape index (κ1) is 11.5. The Kier molecular flexibility index (Phi) is 2.80. The summed E-state index contributed by atoms with van der Waals surface area (Å²) in [6.07, 6.45) is 1.74. The molecule has 2 N–H and O–H groups in total. The number of anilines is 1. The summed E-state index contributed by atoms with van der Waals surface area (Å²) in [5, 5.41) is 2.31. The third-order valence-electron chi connectivity index (χ3n) is 2.95. The molecule has 2 aromatic carbocycles. The molecule has 19 heavy (non-hydrogen) atoms. The van der Waals surface area contributed by atoms with Gasteiger partial charge < -0.3 is 10.5 Å². The zero-order valence-corrected chi connectivity index (χ0v) is 10.6. The summed E-state index contributed by atoms with van der Waals surface area (Å²) in [7, 11) is 0. The number of aromatic nitrogens is 1.